The number of benzene rings is 2. The van der Waals surface area contributed by atoms with Crippen LogP contribution in [0.1, 0.15) is 5.56 Å². The molecule has 0 aliphatic rings. The van der Waals surface area contributed by atoms with E-state index in [0.29, 0.717) is 4.90 Å². The molecule has 0 aliphatic heterocycles. The first-order valence-corrected chi connectivity index (χ1v) is 6.37. The Hall–Kier alpha value is -2.14. The van der Waals surface area contributed by atoms with Gasteiger partial charge in [-0.05, 0) is 29.8 Å². The van der Waals surface area contributed by atoms with Crippen LogP contribution in [0.4, 0.5) is 0 Å². The van der Waals surface area contributed by atoms with Crippen LogP contribution in [0, 0.1) is 0 Å². The normalized spacial score (nSPS) is 10.3. The number of aromatic hydroxyl groups is 2. The number of phenols is 2. The molecule has 0 heterocycles. The molecule has 4 nitrogen and oxygen atoms in total. The van der Waals surface area contributed by atoms with Gasteiger partial charge in [-0.15, -0.1) is 0 Å². The zero-order valence-electron chi connectivity index (χ0n) is 9.91. The molecule has 3 N–H and O–H groups in total. The molecule has 0 aromatic heterocycles. The largest absolute Gasteiger partial charge is 0.508 e. The van der Waals surface area contributed by atoms with E-state index < -0.39 is 5.97 Å². The van der Waals surface area contributed by atoms with E-state index in [0.717, 1.165) is 10.5 Å². The average Bonchev–Trinajstić information content (AvgIpc) is 2.34. The van der Waals surface area contributed by atoms with Crippen LogP contribution in [-0.4, -0.2) is 21.3 Å². The number of hydrogen-bond acceptors (Lipinski definition) is 4. The molecule has 0 saturated heterocycles. The second-order valence-corrected chi connectivity index (χ2v) is 5.08. The van der Waals surface area contributed by atoms with Crippen molar-refractivity contribution in [3.8, 4) is 11.5 Å². The first kappa shape index (κ1) is 13.3. The van der Waals surface area contributed by atoms with Crippen molar-refractivity contribution in [3.63, 3.8) is 0 Å². The Labute approximate surface area is 114 Å². The maximum Gasteiger partial charge on any atom is 0.307 e. The third-order valence-corrected chi connectivity index (χ3v) is 3.52. The van der Waals surface area contributed by atoms with Gasteiger partial charge in [-0.3, -0.25) is 4.79 Å². The van der Waals surface area contributed by atoms with Gasteiger partial charge >= 0.3 is 5.97 Å². The Bertz CT molecular complexity index is 593. The molecule has 0 saturated carbocycles. The fraction of sp³-hybridized carbons (Fsp3) is 0.0714. The van der Waals surface area contributed by atoms with E-state index in [1.807, 2.05) is 0 Å². The summed E-state index contributed by atoms with van der Waals surface area (Å²) in [6.07, 6.45) is -0.00456. The quantitative estimate of drug-likeness (QED) is 0.800. The molecule has 19 heavy (non-hydrogen) atoms. The van der Waals surface area contributed by atoms with E-state index in [2.05, 4.69) is 0 Å². The summed E-state index contributed by atoms with van der Waals surface area (Å²) in [5.74, 6) is -0.838. The predicted octanol–water partition coefficient (Wildman–Crippen LogP) is 2.88. The lowest BCUT2D eigenvalue weighted by Crippen LogP contribution is -1.99. The molecule has 0 atom stereocenters. The van der Waals surface area contributed by atoms with Crippen molar-refractivity contribution >= 4 is 17.7 Å². The van der Waals surface area contributed by atoms with Gasteiger partial charge in [-0.2, -0.15) is 0 Å². The molecule has 0 unspecified atom stereocenters. The van der Waals surface area contributed by atoms with E-state index in [-0.39, 0.29) is 17.9 Å². The topological polar surface area (TPSA) is 77.8 Å². The number of aliphatic carboxylic acids is 1. The maximum atomic E-state index is 10.6. The van der Waals surface area contributed by atoms with Crippen molar-refractivity contribution < 1.29 is 20.1 Å². The van der Waals surface area contributed by atoms with Gasteiger partial charge in [0.05, 0.1) is 11.3 Å². The van der Waals surface area contributed by atoms with Crippen LogP contribution in [0.5, 0.6) is 11.5 Å². The molecule has 2 aromatic rings. The van der Waals surface area contributed by atoms with Gasteiger partial charge in [-0.1, -0.05) is 23.9 Å². The second-order valence-electron chi connectivity index (χ2n) is 3.97. The van der Waals surface area contributed by atoms with E-state index in [9.17, 15) is 15.0 Å². The SMILES string of the molecule is O=C(O)Cc1ccc(Sc2ccc(O)cc2O)cc1. The number of carbonyl (C=O) groups is 1. The highest BCUT2D eigenvalue weighted by atomic mass is 32.2. The summed E-state index contributed by atoms with van der Waals surface area (Å²) in [4.78, 5) is 12.1. The molecular weight excluding hydrogens is 264 g/mol. The summed E-state index contributed by atoms with van der Waals surface area (Å²) in [5, 5.41) is 27.5. The van der Waals surface area contributed by atoms with E-state index in [1.165, 1.54) is 23.9 Å². The van der Waals surface area contributed by atoms with Crippen molar-refractivity contribution in [1.82, 2.24) is 0 Å². The van der Waals surface area contributed by atoms with Gasteiger partial charge in [0.2, 0.25) is 0 Å². The Morgan fingerprint density at radius 2 is 1.74 bits per heavy atom. The minimum absolute atomic E-state index is 0.00456. The van der Waals surface area contributed by atoms with Gasteiger partial charge in [0.1, 0.15) is 11.5 Å². The van der Waals surface area contributed by atoms with Gasteiger partial charge < -0.3 is 15.3 Å². The molecule has 0 aliphatic carbocycles. The van der Waals surface area contributed by atoms with E-state index >= 15 is 0 Å². The minimum Gasteiger partial charge on any atom is -0.508 e. The molecule has 0 radical (unpaired) electrons. The molecule has 98 valence electrons. The summed E-state index contributed by atoms with van der Waals surface area (Å²) >= 11 is 1.34. The van der Waals surface area contributed by atoms with Gasteiger partial charge in [0.15, 0.2) is 0 Å². The zero-order valence-corrected chi connectivity index (χ0v) is 10.7. The molecule has 0 fully saturated rings. The van der Waals surface area contributed by atoms with E-state index in [4.69, 9.17) is 5.11 Å². The van der Waals surface area contributed by atoms with Gasteiger partial charge in [0.25, 0.3) is 0 Å². The van der Waals surface area contributed by atoms with Gasteiger partial charge in [-0.25, -0.2) is 0 Å². The summed E-state index contributed by atoms with van der Waals surface area (Å²) in [5.41, 5.74) is 0.728. The van der Waals surface area contributed by atoms with Crippen LogP contribution >= 0.6 is 11.8 Å². The van der Waals surface area contributed by atoms with Crippen LogP contribution < -0.4 is 0 Å². The number of carboxylic acid groups (broad SMARTS) is 1. The first-order chi connectivity index (χ1) is 9.04. The molecule has 0 spiro atoms. The molecule has 2 rings (SSSR count). The maximum absolute atomic E-state index is 10.6. The smallest absolute Gasteiger partial charge is 0.307 e. The average molecular weight is 276 g/mol. The number of carboxylic acids is 1. The monoisotopic (exact) mass is 276 g/mol. The summed E-state index contributed by atoms with van der Waals surface area (Å²) in [6, 6.07) is 11.5. The van der Waals surface area contributed by atoms with Crippen molar-refractivity contribution in [2.75, 3.05) is 0 Å². The van der Waals surface area contributed by atoms with Crippen LogP contribution in [0.25, 0.3) is 0 Å². The lowest BCUT2D eigenvalue weighted by atomic mass is 10.2. The summed E-state index contributed by atoms with van der Waals surface area (Å²) < 4.78 is 0. The number of hydrogen-bond donors (Lipinski definition) is 3. The fourth-order valence-electron chi connectivity index (χ4n) is 1.57. The van der Waals surface area contributed by atoms with Crippen molar-refractivity contribution in [3.05, 3.63) is 48.0 Å². The summed E-state index contributed by atoms with van der Waals surface area (Å²) in [6.45, 7) is 0. The van der Waals surface area contributed by atoms with E-state index in [1.54, 1.807) is 30.3 Å². The lowest BCUT2D eigenvalue weighted by molar-refractivity contribution is -0.136. The van der Waals surface area contributed by atoms with Crippen molar-refractivity contribution in [2.24, 2.45) is 0 Å². The van der Waals surface area contributed by atoms with Crippen LogP contribution in [0.15, 0.2) is 52.3 Å². The van der Waals surface area contributed by atoms with Crippen LogP contribution in [-0.2, 0) is 11.2 Å². The minimum atomic E-state index is -0.864. The standard InChI is InChI=1S/C14H12O4S/c15-10-3-6-13(12(16)8-10)19-11-4-1-9(2-5-11)7-14(17)18/h1-6,8,15-16H,7H2,(H,17,18). The van der Waals surface area contributed by atoms with Crippen LogP contribution in [0.2, 0.25) is 0 Å². The lowest BCUT2D eigenvalue weighted by Gasteiger charge is -2.05. The number of phenolic OH excluding ortho intramolecular Hbond substituents is 2. The molecule has 0 amide bonds. The Morgan fingerprint density at radius 1 is 1.05 bits per heavy atom. The highest BCUT2D eigenvalue weighted by Crippen LogP contribution is 2.36. The zero-order chi connectivity index (χ0) is 13.8. The highest BCUT2D eigenvalue weighted by molar-refractivity contribution is 7.99. The number of rotatable bonds is 4. The molecule has 0 bridgehead atoms. The Kier molecular flexibility index (Phi) is 3.97. The Morgan fingerprint density at radius 3 is 2.32 bits per heavy atom. The highest BCUT2D eigenvalue weighted by Gasteiger charge is 2.05. The van der Waals surface area contributed by atoms with Crippen molar-refractivity contribution in [2.45, 2.75) is 16.2 Å². The first-order valence-electron chi connectivity index (χ1n) is 5.55. The third kappa shape index (κ3) is 3.66. The van der Waals surface area contributed by atoms with Crippen molar-refractivity contribution in [1.29, 1.82) is 0 Å². The third-order valence-electron chi connectivity index (χ3n) is 2.45. The second kappa shape index (κ2) is 5.67. The molecule has 5 heteroatoms. The Balaban J connectivity index is 2.13. The van der Waals surface area contributed by atoms with Gasteiger partial charge in [0, 0.05) is 11.0 Å². The summed E-state index contributed by atoms with van der Waals surface area (Å²) in [7, 11) is 0. The molecule has 2 aromatic carbocycles. The predicted molar refractivity (Wildman–Crippen MR) is 71.7 cm³/mol. The molecular formula is C14H12O4S. The fourth-order valence-corrected chi connectivity index (χ4v) is 2.39. The van der Waals surface area contributed by atoms with Crippen LogP contribution in [0.3, 0.4) is 0 Å².